The molecule has 0 spiro atoms. The fourth-order valence-corrected chi connectivity index (χ4v) is 5.37. The fraction of sp³-hybridized carbons (Fsp3) is 0.625. The Morgan fingerprint density at radius 2 is 1.90 bits per heavy atom. The van der Waals surface area contributed by atoms with E-state index in [1.807, 2.05) is 39.3 Å². The third kappa shape index (κ3) is 3.78. The number of fused-ring (bicyclic) bond motifs is 1. The highest BCUT2D eigenvalue weighted by atomic mass is 16.2. The Morgan fingerprint density at radius 1 is 1.13 bits per heavy atom. The lowest BCUT2D eigenvalue weighted by atomic mass is 9.74. The molecular formula is C24H34N4O2. The monoisotopic (exact) mass is 410 g/mol. The van der Waals surface area contributed by atoms with Gasteiger partial charge in [0.15, 0.2) is 0 Å². The SMILES string of the molecule is Cc1cc2c(cn1)cc(C1CC(NC(=O)C3CCC(C)N3C)CCC1C)c(=O)n2C. The van der Waals surface area contributed by atoms with E-state index >= 15 is 0 Å². The number of rotatable bonds is 3. The molecule has 0 aromatic carbocycles. The second-order valence-electron chi connectivity index (χ2n) is 9.56. The number of pyridine rings is 2. The minimum absolute atomic E-state index is 0.0272. The van der Waals surface area contributed by atoms with Crippen molar-refractivity contribution in [2.45, 2.75) is 76.9 Å². The average Bonchev–Trinajstić information content (AvgIpc) is 3.05. The van der Waals surface area contributed by atoms with E-state index in [0.29, 0.717) is 12.0 Å². The van der Waals surface area contributed by atoms with Gasteiger partial charge in [-0.15, -0.1) is 0 Å². The third-order valence-corrected chi connectivity index (χ3v) is 7.56. The molecule has 3 heterocycles. The van der Waals surface area contributed by atoms with Gasteiger partial charge in [-0.05, 0) is 77.0 Å². The molecule has 0 radical (unpaired) electrons. The number of hydrogen-bond acceptors (Lipinski definition) is 4. The maximum absolute atomic E-state index is 13.2. The summed E-state index contributed by atoms with van der Waals surface area (Å²) >= 11 is 0. The Balaban J connectivity index is 1.57. The second kappa shape index (κ2) is 8.14. The van der Waals surface area contributed by atoms with Gasteiger partial charge in [0.05, 0.1) is 11.6 Å². The Morgan fingerprint density at radius 3 is 2.60 bits per heavy atom. The van der Waals surface area contributed by atoms with Crippen molar-refractivity contribution in [3.63, 3.8) is 0 Å². The van der Waals surface area contributed by atoms with Crippen LogP contribution in [0.5, 0.6) is 0 Å². The number of likely N-dealkylation sites (tertiary alicyclic amines) is 1. The molecule has 6 nitrogen and oxygen atoms in total. The standard InChI is InChI=1S/C24H34N4O2/c1-14-6-8-18(26-23(29)21-9-7-16(3)27(21)4)12-19(14)20-11-17-13-25-15(2)10-22(17)28(5)24(20)30/h10-11,13-14,16,18-19,21H,6-9,12H2,1-5H3,(H,26,29). The van der Waals surface area contributed by atoms with E-state index in [1.54, 1.807) is 4.57 Å². The lowest BCUT2D eigenvalue weighted by Crippen LogP contribution is -2.48. The molecule has 1 amide bonds. The molecular weight excluding hydrogens is 376 g/mol. The third-order valence-electron chi connectivity index (χ3n) is 7.56. The van der Waals surface area contributed by atoms with Crippen molar-refractivity contribution in [1.29, 1.82) is 0 Å². The Hall–Kier alpha value is -2.21. The van der Waals surface area contributed by atoms with Gasteiger partial charge in [0.1, 0.15) is 0 Å². The first-order valence-electron chi connectivity index (χ1n) is 11.2. The molecule has 0 bridgehead atoms. The second-order valence-corrected chi connectivity index (χ2v) is 9.56. The highest BCUT2D eigenvalue weighted by molar-refractivity contribution is 5.82. The molecule has 1 N–H and O–H groups in total. The van der Waals surface area contributed by atoms with Crippen molar-refractivity contribution in [3.8, 4) is 0 Å². The van der Waals surface area contributed by atoms with Crippen molar-refractivity contribution in [2.75, 3.05) is 7.05 Å². The van der Waals surface area contributed by atoms with Crippen LogP contribution in [0.25, 0.3) is 10.9 Å². The summed E-state index contributed by atoms with van der Waals surface area (Å²) < 4.78 is 1.75. The van der Waals surface area contributed by atoms with Crippen LogP contribution in [0.1, 0.15) is 63.1 Å². The zero-order valence-electron chi connectivity index (χ0n) is 18.8. The smallest absolute Gasteiger partial charge is 0.254 e. The van der Waals surface area contributed by atoms with Crippen LogP contribution in [0.4, 0.5) is 0 Å². The molecule has 2 fully saturated rings. The van der Waals surface area contributed by atoms with E-state index in [0.717, 1.165) is 54.3 Å². The Labute approximate surface area is 178 Å². The van der Waals surface area contributed by atoms with Crippen molar-refractivity contribution < 1.29 is 4.79 Å². The van der Waals surface area contributed by atoms with Crippen LogP contribution >= 0.6 is 0 Å². The van der Waals surface area contributed by atoms with E-state index in [1.165, 1.54) is 0 Å². The van der Waals surface area contributed by atoms with Crippen molar-refractivity contribution in [2.24, 2.45) is 13.0 Å². The Kier molecular flexibility index (Phi) is 5.71. The zero-order chi connectivity index (χ0) is 21.6. The van der Waals surface area contributed by atoms with Crippen molar-refractivity contribution in [3.05, 3.63) is 39.9 Å². The number of nitrogens with one attached hydrogen (secondary N) is 1. The lowest BCUT2D eigenvalue weighted by Gasteiger charge is -2.36. The van der Waals surface area contributed by atoms with Crippen LogP contribution < -0.4 is 10.9 Å². The number of aryl methyl sites for hydroxylation is 2. The first-order valence-corrected chi connectivity index (χ1v) is 11.2. The molecule has 1 saturated heterocycles. The van der Waals surface area contributed by atoms with Crippen molar-refractivity contribution >= 4 is 16.8 Å². The quantitative estimate of drug-likeness (QED) is 0.844. The first kappa shape index (κ1) is 21.0. The van der Waals surface area contributed by atoms with Crippen LogP contribution in [0.3, 0.4) is 0 Å². The molecule has 1 aliphatic heterocycles. The van der Waals surface area contributed by atoms with Gasteiger partial charge in [-0.3, -0.25) is 19.5 Å². The van der Waals surface area contributed by atoms with Gasteiger partial charge in [-0.1, -0.05) is 6.92 Å². The summed E-state index contributed by atoms with van der Waals surface area (Å²) in [5.41, 5.74) is 2.75. The molecule has 4 rings (SSSR count). The minimum atomic E-state index is -0.0272. The molecule has 1 saturated carbocycles. The molecule has 5 atom stereocenters. The summed E-state index contributed by atoms with van der Waals surface area (Å²) in [6, 6.07) is 4.55. The van der Waals surface area contributed by atoms with E-state index < -0.39 is 0 Å². The number of hydrogen-bond donors (Lipinski definition) is 1. The maximum Gasteiger partial charge on any atom is 0.254 e. The van der Waals surface area contributed by atoms with Crippen LogP contribution in [0.15, 0.2) is 23.1 Å². The van der Waals surface area contributed by atoms with Crippen LogP contribution in [0.2, 0.25) is 0 Å². The van der Waals surface area contributed by atoms with Crippen molar-refractivity contribution in [1.82, 2.24) is 19.8 Å². The summed E-state index contributed by atoms with van der Waals surface area (Å²) in [7, 11) is 3.89. The van der Waals surface area contributed by atoms with Crippen LogP contribution in [0, 0.1) is 12.8 Å². The zero-order valence-corrected chi connectivity index (χ0v) is 18.8. The van der Waals surface area contributed by atoms with Gasteiger partial charge in [0.25, 0.3) is 5.56 Å². The number of carbonyl (C=O) groups excluding carboxylic acids is 1. The number of nitrogens with zero attached hydrogens (tertiary/aromatic N) is 3. The van der Waals surface area contributed by atoms with E-state index in [2.05, 4.69) is 29.0 Å². The predicted octanol–water partition coefficient (Wildman–Crippen LogP) is 3.11. The van der Waals surface area contributed by atoms with Gasteiger partial charge in [-0.2, -0.15) is 0 Å². The summed E-state index contributed by atoms with van der Waals surface area (Å²) in [4.78, 5) is 32.7. The molecule has 2 aromatic heterocycles. The Bertz CT molecular complexity index is 1010. The van der Waals surface area contributed by atoms with Crippen LogP contribution in [-0.2, 0) is 11.8 Å². The first-order chi connectivity index (χ1) is 14.3. The number of aromatic nitrogens is 2. The number of amides is 1. The van der Waals surface area contributed by atoms with E-state index in [9.17, 15) is 9.59 Å². The highest BCUT2D eigenvalue weighted by Gasteiger charge is 2.36. The molecule has 2 aliphatic rings. The van der Waals surface area contributed by atoms with E-state index in [4.69, 9.17) is 0 Å². The summed E-state index contributed by atoms with van der Waals surface area (Å²) in [5, 5.41) is 4.31. The minimum Gasteiger partial charge on any atom is -0.352 e. The molecule has 162 valence electrons. The molecule has 1 aliphatic carbocycles. The largest absolute Gasteiger partial charge is 0.352 e. The van der Waals surface area contributed by atoms with Gasteiger partial charge in [0, 0.05) is 42.0 Å². The summed E-state index contributed by atoms with van der Waals surface area (Å²) in [5.74, 6) is 0.704. The predicted molar refractivity (Wildman–Crippen MR) is 120 cm³/mol. The van der Waals surface area contributed by atoms with Gasteiger partial charge >= 0.3 is 0 Å². The molecule has 30 heavy (non-hydrogen) atoms. The van der Waals surface area contributed by atoms with Gasteiger partial charge in [-0.25, -0.2) is 0 Å². The molecule has 5 unspecified atom stereocenters. The number of carbonyl (C=O) groups is 1. The maximum atomic E-state index is 13.2. The summed E-state index contributed by atoms with van der Waals surface area (Å²) in [6.07, 6.45) is 6.66. The van der Waals surface area contributed by atoms with E-state index in [-0.39, 0.29) is 29.5 Å². The molecule has 6 heteroatoms. The highest BCUT2D eigenvalue weighted by Crippen LogP contribution is 2.37. The van der Waals surface area contributed by atoms with Gasteiger partial charge in [0.2, 0.25) is 5.91 Å². The number of likely N-dealkylation sites (N-methyl/N-ethyl adjacent to an activating group) is 1. The molecule has 2 aromatic rings. The topological polar surface area (TPSA) is 67.2 Å². The average molecular weight is 411 g/mol. The van der Waals surface area contributed by atoms with Gasteiger partial charge < -0.3 is 9.88 Å². The summed E-state index contributed by atoms with van der Waals surface area (Å²) in [6.45, 7) is 6.35. The van der Waals surface area contributed by atoms with Crippen LogP contribution in [-0.4, -0.2) is 45.5 Å². The fourth-order valence-electron chi connectivity index (χ4n) is 5.37. The lowest BCUT2D eigenvalue weighted by molar-refractivity contribution is -0.126. The normalized spacial score (nSPS) is 30.0.